The van der Waals surface area contributed by atoms with Crippen molar-refractivity contribution in [2.75, 3.05) is 32.1 Å². The molecule has 2 aromatic carbocycles. The van der Waals surface area contributed by atoms with Gasteiger partial charge in [0.15, 0.2) is 0 Å². The van der Waals surface area contributed by atoms with Crippen LogP contribution in [0.5, 0.6) is 0 Å². The van der Waals surface area contributed by atoms with Crippen LogP contribution in [0.25, 0.3) is 0 Å². The number of carbonyl (C=O) groups excluding carboxylic acids is 1. The fourth-order valence-corrected chi connectivity index (χ4v) is 4.50. The largest absolute Gasteiger partial charge is 0.343 e. The molecular weight excluding hydrogens is 549 g/mol. The molecule has 0 aliphatic rings. The second-order valence-electron chi connectivity index (χ2n) is 11.5. The van der Waals surface area contributed by atoms with Gasteiger partial charge in [0.25, 0.3) is 0 Å². The molecule has 226 valence electrons. The molecular formula is C32H44ClF3N4O. The van der Waals surface area contributed by atoms with Gasteiger partial charge in [-0.1, -0.05) is 30.7 Å². The topological polar surface area (TPSA) is 47.9 Å². The number of amides is 1. The van der Waals surface area contributed by atoms with Crippen molar-refractivity contribution in [1.82, 2.24) is 9.80 Å². The fourth-order valence-electron chi connectivity index (χ4n) is 4.32. The number of nitrogens with one attached hydrogen (secondary N) is 1. The molecule has 5 nitrogen and oxygen atoms in total. The second-order valence-corrected chi connectivity index (χ2v) is 11.9. The maximum atomic E-state index is 14.5. The lowest BCUT2D eigenvalue weighted by Gasteiger charge is -2.37. The van der Waals surface area contributed by atoms with Gasteiger partial charge >= 0.3 is 0 Å². The van der Waals surface area contributed by atoms with Crippen LogP contribution in [-0.4, -0.2) is 53.6 Å². The number of rotatable bonds is 14. The van der Waals surface area contributed by atoms with Gasteiger partial charge in [0.1, 0.15) is 17.5 Å². The first-order valence-corrected chi connectivity index (χ1v) is 14.5. The molecule has 0 saturated carbocycles. The summed E-state index contributed by atoms with van der Waals surface area (Å²) >= 11 is 5.80. The van der Waals surface area contributed by atoms with E-state index in [0.717, 1.165) is 24.6 Å². The molecule has 0 radical (unpaired) electrons. The Morgan fingerprint density at radius 3 is 2.44 bits per heavy atom. The summed E-state index contributed by atoms with van der Waals surface area (Å²) < 4.78 is 41.4. The number of anilines is 1. The summed E-state index contributed by atoms with van der Waals surface area (Å²) in [5.41, 5.74) is 4.47. The zero-order chi connectivity index (χ0) is 30.7. The van der Waals surface area contributed by atoms with Crippen LogP contribution in [0.2, 0.25) is 5.02 Å². The maximum absolute atomic E-state index is 14.5. The monoisotopic (exact) mass is 592 g/mol. The van der Waals surface area contributed by atoms with Crippen molar-refractivity contribution in [3.8, 4) is 0 Å². The number of halogens is 4. The minimum atomic E-state index is -0.611. The third-order valence-electron chi connectivity index (χ3n) is 7.38. The summed E-state index contributed by atoms with van der Waals surface area (Å²) in [5.74, 6) is -2.14. The van der Waals surface area contributed by atoms with Crippen molar-refractivity contribution in [3.05, 3.63) is 76.6 Å². The highest BCUT2D eigenvalue weighted by atomic mass is 35.5. The normalized spacial score (nSPS) is 14.0. The van der Waals surface area contributed by atoms with Crippen molar-refractivity contribution in [1.29, 1.82) is 0 Å². The minimum absolute atomic E-state index is 0.0258. The Kier molecular flexibility index (Phi) is 13.4. The molecule has 0 bridgehead atoms. The zero-order valence-corrected chi connectivity index (χ0v) is 26.0. The molecule has 0 fully saturated rings. The molecule has 2 aromatic rings. The zero-order valence-electron chi connectivity index (χ0n) is 25.3. The molecule has 0 heterocycles. The van der Waals surface area contributed by atoms with Gasteiger partial charge in [-0.2, -0.15) is 5.10 Å². The molecule has 0 aliphatic heterocycles. The molecule has 41 heavy (non-hydrogen) atoms. The van der Waals surface area contributed by atoms with E-state index in [1.807, 2.05) is 44.9 Å². The Morgan fingerprint density at radius 2 is 1.83 bits per heavy atom. The van der Waals surface area contributed by atoms with E-state index in [-0.39, 0.29) is 28.3 Å². The molecule has 1 N–H and O–H groups in total. The third-order valence-corrected chi connectivity index (χ3v) is 7.67. The van der Waals surface area contributed by atoms with Gasteiger partial charge in [0, 0.05) is 37.2 Å². The smallest absolute Gasteiger partial charge is 0.225 e. The van der Waals surface area contributed by atoms with Crippen molar-refractivity contribution >= 4 is 28.9 Å². The molecule has 0 saturated heterocycles. The standard InChI is InChI=1S/C32H44ClF3N4O/c1-8-40(17-11-9-10-12-22(2)37-38-27-15-16-29(35)28(33)20-27)31(41)23(3)25(21-39(7)32(4,5)6)18-24-13-14-26(34)19-30(24)36/h10,12-16,19-20,23,25,38H,8-9,11,17-18,21H2,1-7H3/b12-10+,37-22-/t23-,25?/m1/s1. The summed E-state index contributed by atoms with van der Waals surface area (Å²) in [6.07, 6.45) is 5.75. The van der Waals surface area contributed by atoms with Crippen molar-refractivity contribution in [2.24, 2.45) is 16.9 Å². The number of hydrogen-bond donors (Lipinski definition) is 1. The number of unbranched alkanes of at least 4 members (excludes halogenated alkanes) is 1. The van der Waals surface area contributed by atoms with E-state index in [1.165, 1.54) is 24.3 Å². The second kappa shape index (κ2) is 16.0. The number of hydrogen-bond acceptors (Lipinski definition) is 4. The lowest BCUT2D eigenvalue weighted by Crippen LogP contribution is -2.46. The number of allylic oxidation sites excluding steroid dienone is 2. The van der Waals surface area contributed by atoms with Crippen LogP contribution in [0.4, 0.5) is 18.9 Å². The van der Waals surface area contributed by atoms with E-state index in [9.17, 15) is 18.0 Å². The molecule has 2 rings (SSSR count). The van der Waals surface area contributed by atoms with Gasteiger partial charge in [-0.15, -0.1) is 0 Å². The average Bonchev–Trinajstić information content (AvgIpc) is 2.91. The first-order valence-electron chi connectivity index (χ1n) is 14.1. The number of hydrazone groups is 1. The van der Waals surface area contributed by atoms with Crippen LogP contribution in [0.1, 0.15) is 59.9 Å². The van der Waals surface area contributed by atoms with E-state index in [4.69, 9.17) is 11.6 Å². The van der Waals surface area contributed by atoms with Gasteiger partial charge in [-0.05, 0) is 103 Å². The molecule has 1 amide bonds. The summed E-state index contributed by atoms with van der Waals surface area (Å²) in [6.45, 7) is 13.8. The van der Waals surface area contributed by atoms with Crippen molar-refractivity contribution in [2.45, 2.75) is 66.3 Å². The van der Waals surface area contributed by atoms with Gasteiger partial charge in [0.05, 0.1) is 16.4 Å². The Bertz CT molecular complexity index is 1210. The lowest BCUT2D eigenvalue weighted by molar-refractivity contribution is -0.137. The van der Waals surface area contributed by atoms with Crippen LogP contribution < -0.4 is 5.43 Å². The van der Waals surface area contributed by atoms with E-state index >= 15 is 0 Å². The molecule has 1 unspecified atom stereocenters. The fraction of sp³-hybridized carbons (Fsp3) is 0.500. The molecule has 2 atom stereocenters. The average molecular weight is 593 g/mol. The molecule has 0 spiro atoms. The van der Waals surface area contributed by atoms with Gasteiger partial charge in [-0.25, -0.2) is 13.2 Å². The van der Waals surface area contributed by atoms with Crippen LogP contribution in [0.15, 0.2) is 53.7 Å². The lowest BCUT2D eigenvalue weighted by atomic mass is 9.85. The van der Waals surface area contributed by atoms with E-state index in [2.05, 4.69) is 36.2 Å². The molecule has 0 aliphatic carbocycles. The summed E-state index contributed by atoms with van der Waals surface area (Å²) in [6, 6.07) is 7.95. The van der Waals surface area contributed by atoms with Crippen LogP contribution in [-0.2, 0) is 11.2 Å². The van der Waals surface area contributed by atoms with E-state index in [0.29, 0.717) is 37.3 Å². The minimum Gasteiger partial charge on any atom is -0.343 e. The predicted molar refractivity (Wildman–Crippen MR) is 164 cm³/mol. The van der Waals surface area contributed by atoms with Crippen LogP contribution >= 0.6 is 11.6 Å². The van der Waals surface area contributed by atoms with Crippen LogP contribution in [0, 0.1) is 29.3 Å². The Balaban J connectivity index is 1.99. The van der Waals surface area contributed by atoms with Gasteiger partial charge < -0.3 is 9.80 Å². The highest BCUT2D eigenvalue weighted by Crippen LogP contribution is 2.26. The number of carbonyl (C=O) groups is 1. The first-order chi connectivity index (χ1) is 19.2. The first kappa shape index (κ1) is 34.4. The van der Waals surface area contributed by atoms with Gasteiger partial charge in [-0.3, -0.25) is 10.2 Å². The predicted octanol–water partition coefficient (Wildman–Crippen LogP) is 7.96. The summed E-state index contributed by atoms with van der Waals surface area (Å²) in [5, 5.41) is 4.28. The Labute approximate surface area is 248 Å². The quantitative estimate of drug-likeness (QED) is 0.138. The van der Waals surface area contributed by atoms with Gasteiger partial charge in [0.2, 0.25) is 5.91 Å². The van der Waals surface area contributed by atoms with Crippen LogP contribution in [0.3, 0.4) is 0 Å². The highest BCUT2D eigenvalue weighted by molar-refractivity contribution is 6.31. The Hall–Kier alpha value is -2.84. The Morgan fingerprint density at radius 1 is 1.12 bits per heavy atom. The SMILES string of the molecule is CCN(CCC/C=C/C(C)=N\Nc1ccc(F)c(Cl)c1)C(=O)[C@H](C)C(Cc1ccc(F)cc1F)CN(C)C(C)(C)C. The number of nitrogens with zero attached hydrogens (tertiary/aromatic N) is 3. The van der Waals surface area contributed by atoms with E-state index in [1.54, 1.807) is 6.07 Å². The highest BCUT2D eigenvalue weighted by Gasteiger charge is 2.31. The van der Waals surface area contributed by atoms with E-state index < -0.39 is 17.5 Å². The third kappa shape index (κ3) is 11.2. The number of benzene rings is 2. The maximum Gasteiger partial charge on any atom is 0.225 e. The summed E-state index contributed by atoms with van der Waals surface area (Å²) in [4.78, 5) is 17.6. The van der Waals surface area contributed by atoms with Crippen molar-refractivity contribution < 1.29 is 18.0 Å². The summed E-state index contributed by atoms with van der Waals surface area (Å²) in [7, 11) is 2.00. The van der Waals surface area contributed by atoms with Crippen molar-refractivity contribution in [3.63, 3.8) is 0 Å². The molecule has 0 aromatic heterocycles. The molecule has 9 heteroatoms.